The summed E-state index contributed by atoms with van der Waals surface area (Å²) in [4.78, 5) is 47.3. The summed E-state index contributed by atoms with van der Waals surface area (Å²) in [6, 6.07) is 13.3. The number of aryl methyl sites for hydroxylation is 1. The number of carbonyl (C=O) groups excluding carboxylic acids is 3. The third kappa shape index (κ3) is 5.18. The van der Waals surface area contributed by atoms with E-state index in [9.17, 15) is 14.4 Å². The number of ether oxygens (including phenoxy) is 1. The number of aromatic nitrogens is 1. The molecule has 0 saturated carbocycles. The molecule has 0 bridgehead atoms. The standard InChI is InChI=1S/C34H34Cl2N6O4/c1-40-14-20(15-41(2)33(40)45)31(44)38-24-9-5-7-22(30(24)36)21-6-4-8-23(29(21)35)25-12-19-10-11-26(28(19)32(39-25)46-3)42-17-34(18-42)13-27(43)37-16-34/h4-9,12,14,26H,10-11,13,15-18H2,1-3H3,(H,37,43)(H,38,44). The Morgan fingerprint density at radius 1 is 1.07 bits per heavy atom. The van der Waals surface area contributed by atoms with Gasteiger partial charge in [-0.05, 0) is 30.5 Å². The number of urea groups is 1. The molecule has 1 atom stereocenters. The minimum atomic E-state index is -0.348. The number of nitrogens with zero attached hydrogens (tertiary/aromatic N) is 4. The number of halogens is 2. The quantitative estimate of drug-likeness (QED) is 0.369. The first kappa shape index (κ1) is 30.5. The van der Waals surface area contributed by atoms with Crippen LogP contribution < -0.4 is 15.4 Å². The van der Waals surface area contributed by atoms with E-state index in [1.54, 1.807) is 27.3 Å². The average molecular weight is 662 g/mol. The summed E-state index contributed by atoms with van der Waals surface area (Å²) in [5.41, 5.74) is 6.04. The van der Waals surface area contributed by atoms with Crippen LogP contribution in [0.4, 0.5) is 10.5 Å². The van der Waals surface area contributed by atoms with Crippen molar-refractivity contribution < 1.29 is 19.1 Å². The van der Waals surface area contributed by atoms with Crippen molar-refractivity contribution in [3.05, 3.63) is 75.4 Å². The molecule has 1 aromatic heterocycles. The van der Waals surface area contributed by atoms with E-state index >= 15 is 0 Å². The number of carbonyl (C=O) groups is 3. The molecule has 2 saturated heterocycles. The van der Waals surface area contributed by atoms with Gasteiger partial charge in [-0.2, -0.15) is 0 Å². The van der Waals surface area contributed by atoms with Crippen molar-refractivity contribution >= 4 is 46.7 Å². The molecule has 1 unspecified atom stereocenters. The van der Waals surface area contributed by atoms with Gasteiger partial charge >= 0.3 is 6.03 Å². The van der Waals surface area contributed by atoms with E-state index in [2.05, 4.69) is 21.6 Å². The van der Waals surface area contributed by atoms with Gasteiger partial charge in [-0.15, -0.1) is 0 Å². The smallest absolute Gasteiger partial charge is 0.323 e. The maximum Gasteiger partial charge on any atom is 0.323 e. The molecule has 2 fully saturated rings. The van der Waals surface area contributed by atoms with Crippen LogP contribution in [-0.2, 0) is 16.0 Å². The highest BCUT2D eigenvalue weighted by molar-refractivity contribution is 6.39. The zero-order chi connectivity index (χ0) is 32.3. The number of anilines is 1. The second-order valence-corrected chi connectivity index (χ2v) is 13.5. The van der Waals surface area contributed by atoms with Crippen LogP contribution in [-0.4, -0.2) is 84.9 Å². The monoisotopic (exact) mass is 660 g/mol. The highest BCUT2D eigenvalue weighted by atomic mass is 35.5. The van der Waals surface area contributed by atoms with Crippen LogP contribution >= 0.6 is 23.2 Å². The Bertz CT molecular complexity index is 1820. The zero-order valence-electron chi connectivity index (χ0n) is 25.8. The molecule has 0 radical (unpaired) electrons. The minimum Gasteiger partial charge on any atom is -0.481 e. The summed E-state index contributed by atoms with van der Waals surface area (Å²) in [5, 5.41) is 6.71. The van der Waals surface area contributed by atoms with E-state index in [0.717, 1.165) is 43.6 Å². The molecule has 2 N–H and O–H groups in total. The van der Waals surface area contributed by atoms with Crippen LogP contribution in [0.3, 0.4) is 0 Å². The van der Waals surface area contributed by atoms with Crippen molar-refractivity contribution in [2.45, 2.75) is 25.3 Å². The number of hydrogen-bond donors (Lipinski definition) is 2. The molecule has 4 aliphatic rings. The van der Waals surface area contributed by atoms with Gasteiger partial charge in [-0.25, -0.2) is 9.78 Å². The maximum absolute atomic E-state index is 13.1. The van der Waals surface area contributed by atoms with E-state index in [1.165, 1.54) is 21.6 Å². The summed E-state index contributed by atoms with van der Waals surface area (Å²) in [6.45, 7) is 2.72. The molecule has 10 nitrogen and oxygen atoms in total. The Hall–Kier alpha value is -4.12. The van der Waals surface area contributed by atoms with Gasteiger partial charge in [0.2, 0.25) is 11.8 Å². The second-order valence-electron chi connectivity index (χ2n) is 12.7. The van der Waals surface area contributed by atoms with Crippen LogP contribution in [0, 0.1) is 5.41 Å². The van der Waals surface area contributed by atoms with Crippen LogP contribution in [0.15, 0.2) is 54.2 Å². The molecule has 4 amide bonds. The molecule has 238 valence electrons. The van der Waals surface area contributed by atoms with Gasteiger partial charge in [0.05, 0.1) is 40.7 Å². The van der Waals surface area contributed by atoms with Gasteiger partial charge in [-0.1, -0.05) is 53.5 Å². The van der Waals surface area contributed by atoms with E-state index < -0.39 is 0 Å². The Balaban J connectivity index is 1.16. The molecule has 7 rings (SSSR count). The Morgan fingerprint density at radius 3 is 2.48 bits per heavy atom. The van der Waals surface area contributed by atoms with E-state index in [1.807, 2.05) is 30.3 Å². The third-order valence-corrected chi connectivity index (χ3v) is 10.3. The number of amides is 4. The second kappa shape index (κ2) is 11.6. The molecule has 1 aliphatic carbocycles. The lowest BCUT2D eigenvalue weighted by atomic mass is 9.77. The number of fused-ring (bicyclic) bond motifs is 1. The van der Waals surface area contributed by atoms with E-state index in [0.29, 0.717) is 50.4 Å². The normalized spacial score (nSPS) is 20.4. The Labute approximate surface area is 277 Å². The van der Waals surface area contributed by atoms with Crippen LogP contribution in [0.25, 0.3) is 22.4 Å². The largest absolute Gasteiger partial charge is 0.481 e. The van der Waals surface area contributed by atoms with E-state index in [4.69, 9.17) is 32.9 Å². The number of likely N-dealkylation sites (N-methyl/N-ethyl adjacent to an activating group) is 1. The molecule has 2 aromatic carbocycles. The van der Waals surface area contributed by atoms with Gasteiger partial charge in [0, 0.05) is 80.1 Å². The third-order valence-electron chi connectivity index (χ3n) is 9.53. The highest BCUT2D eigenvalue weighted by Crippen LogP contribution is 2.49. The fourth-order valence-electron chi connectivity index (χ4n) is 7.28. The lowest BCUT2D eigenvalue weighted by Crippen LogP contribution is -2.58. The average Bonchev–Trinajstić information content (AvgIpc) is 3.63. The zero-order valence-corrected chi connectivity index (χ0v) is 27.3. The summed E-state index contributed by atoms with van der Waals surface area (Å²) in [7, 11) is 4.90. The van der Waals surface area contributed by atoms with Crippen LogP contribution in [0.5, 0.6) is 5.88 Å². The fraction of sp³-hybridized carbons (Fsp3) is 0.353. The van der Waals surface area contributed by atoms with Crippen molar-refractivity contribution in [3.63, 3.8) is 0 Å². The molecule has 4 heterocycles. The minimum absolute atomic E-state index is 0.0524. The summed E-state index contributed by atoms with van der Waals surface area (Å²) in [6.07, 6.45) is 4.00. The fourth-order valence-corrected chi connectivity index (χ4v) is 7.88. The highest BCUT2D eigenvalue weighted by Gasteiger charge is 2.51. The van der Waals surface area contributed by atoms with Crippen molar-refractivity contribution in [1.29, 1.82) is 0 Å². The van der Waals surface area contributed by atoms with Crippen LogP contribution in [0.2, 0.25) is 10.0 Å². The predicted octanol–water partition coefficient (Wildman–Crippen LogP) is 5.36. The molecule has 12 heteroatoms. The van der Waals surface area contributed by atoms with Gasteiger partial charge in [0.25, 0.3) is 5.91 Å². The predicted molar refractivity (Wildman–Crippen MR) is 177 cm³/mol. The van der Waals surface area contributed by atoms with Crippen molar-refractivity contribution in [3.8, 4) is 28.3 Å². The topological polar surface area (TPSA) is 107 Å². The first-order chi connectivity index (χ1) is 22.1. The SMILES string of the molecule is COc1nc(-c2cccc(-c3cccc(NC(=O)C4=CN(C)C(=O)N(C)C4)c3Cl)c2Cl)cc2c1C(N1CC3(CNC(=O)C3)C1)CC2. The number of rotatable bonds is 6. The lowest BCUT2D eigenvalue weighted by Gasteiger charge is -2.50. The summed E-state index contributed by atoms with van der Waals surface area (Å²) >= 11 is 14.0. The summed E-state index contributed by atoms with van der Waals surface area (Å²) in [5.74, 6) is 0.388. The Kier molecular flexibility index (Phi) is 7.70. The van der Waals surface area contributed by atoms with Crippen molar-refractivity contribution in [2.75, 3.05) is 52.7 Å². The number of pyridine rings is 1. The molecular weight excluding hydrogens is 627 g/mol. The summed E-state index contributed by atoms with van der Waals surface area (Å²) < 4.78 is 5.86. The van der Waals surface area contributed by atoms with Gasteiger partial charge in [0.1, 0.15) is 0 Å². The Morgan fingerprint density at radius 2 is 1.78 bits per heavy atom. The van der Waals surface area contributed by atoms with Gasteiger partial charge in [0.15, 0.2) is 0 Å². The number of likely N-dealkylation sites (tertiary alicyclic amines) is 1. The first-order valence-corrected chi connectivity index (χ1v) is 16.0. The van der Waals surface area contributed by atoms with Gasteiger partial charge < -0.3 is 25.2 Å². The molecule has 1 spiro atoms. The number of hydrogen-bond acceptors (Lipinski definition) is 6. The number of methoxy groups -OCH3 is 1. The molecule has 46 heavy (non-hydrogen) atoms. The van der Waals surface area contributed by atoms with Crippen LogP contribution in [0.1, 0.15) is 30.0 Å². The van der Waals surface area contributed by atoms with Gasteiger partial charge in [-0.3, -0.25) is 14.5 Å². The maximum atomic E-state index is 13.1. The number of nitrogens with one attached hydrogen (secondary N) is 2. The molecule has 3 aliphatic heterocycles. The first-order valence-electron chi connectivity index (χ1n) is 15.2. The van der Waals surface area contributed by atoms with E-state index in [-0.39, 0.29) is 35.8 Å². The molecular formula is C34H34Cl2N6O4. The number of benzene rings is 2. The van der Waals surface area contributed by atoms with Crippen molar-refractivity contribution in [2.24, 2.45) is 5.41 Å². The van der Waals surface area contributed by atoms with Crippen molar-refractivity contribution in [1.82, 2.24) is 25.0 Å². The lowest BCUT2D eigenvalue weighted by molar-refractivity contribution is -0.121. The molecule has 3 aromatic rings.